The summed E-state index contributed by atoms with van der Waals surface area (Å²) in [6.07, 6.45) is 3.68. The molecule has 0 radical (unpaired) electrons. The van der Waals surface area contributed by atoms with Crippen LogP contribution in [0.3, 0.4) is 0 Å². The molecule has 0 aliphatic carbocycles. The fourth-order valence-corrected chi connectivity index (χ4v) is 5.28. The Hall–Kier alpha value is -2.73. The van der Waals surface area contributed by atoms with Gasteiger partial charge in [0, 0.05) is 43.9 Å². The zero-order valence-electron chi connectivity index (χ0n) is 21.7. The molecule has 1 aromatic heterocycles. The van der Waals surface area contributed by atoms with Crippen LogP contribution < -0.4 is 4.90 Å². The minimum atomic E-state index is -1.14. The van der Waals surface area contributed by atoms with Crippen LogP contribution >= 0.6 is 0 Å². The number of aliphatic hydroxyl groups is 1. The SMILES string of the molecule is CC(C)c1ccc([C@](O)(c2cncc(N(C)CCOCc3ccccc3)c2)C2(C)CN(C)C2)cc1. The Bertz CT molecular complexity index is 1090. The third kappa shape index (κ3) is 5.27. The summed E-state index contributed by atoms with van der Waals surface area (Å²) < 4.78 is 5.88. The summed E-state index contributed by atoms with van der Waals surface area (Å²) in [5.74, 6) is 0.449. The number of benzene rings is 2. The highest BCUT2D eigenvalue weighted by Crippen LogP contribution is 2.50. The van der Waals surface area contributed by atoms with Gasteiger partial charge in [0.05, 0.1) is 25.1 Å². The van der Waals surface area contributed by atoms with E-state index in [0.29, 0.717) is 19.1 Å². The highest BCUT2D eigenvalue weighted by molar-refractivity contribution is 5.50. The molecule has 186 valence electrons. The molecule has 0 unspecified atom stereocenters. The van der Waals surface area contributed by atoms with Crippen LogP contribution in [0.1, 0.15) is 48.9 Å². The Balaban J connectivity index is 1.54. The van der Waals surface area contributed by atoms with E-state index in [2.05, 4.69) is 85.1 Å². The molecule has 5 heteroatoms. The molecular formula is C30H39N3O2. The molecule has 1 saturated heterocycles. The van der Waals surface area contributed by atoms with Crippen molar-refractivity contribution < 1.29 is 9.84 Å². The quantitative estimate of drug-likeness (QED) is 0.418. The average Bonchev–Trinajstić information content (AvgIpc) is 2.86. The normalized spacial score (nSPS) is 17.1. The predicted molar refractivity (Wildman–Crippen MR) is 143 cm³/mol. The molecule has 4 rings (SSSR count). The number of hydrogen-bond acceptors (Lipinski definition) is 5. The van der Waals surface area contributed by atoms with Crippen molar-refractivity contribution in [3.8, 4) is 0 Å². The fraction of sp³-hybridized carbons (Fsp3) is 0.433. The van der Waals surface area contributed by atoms with E-state index in [-0.39, 0.29) is 5.41 Å². The molecule has 0 bridgehead atoms. The van der Waals surface area contributed by atoms with E-state index in [4.69, 9.17) is 4.74 Å². The van der Waals surface area contributed by atoms with Gasteiger partial charge < -0.3 is 19.6 Å². The van der Waals surface area contributed by atoms with E-state index in [9.17, 15) is 5.11 Å². The maximum absolute atomic E-state index is 12.4. The monoisotopic (exact) mass is 473 g/mol. The van der Waals surface area contributed by atoms with Crippen LogP contribution in [0.4, 0.5) is 5.69 Å². The third-order valence-corrected chi connectivity index (χ3v) is 7.37. The van der Waals surface area contributed by atoms with Gasteiger partial charge in [-0.2, -0.15) is 0 Å². The van der Waals surface area contributed by atoms with Gasteiger partial charge in [0.1, 0.15) is 5.60 Å². The van der Waals surface area contributed by atoms with E-state index < -0.39 is 5.60 Å². The van der Waals surface area contributed by atoms with Crippen molar-refractivity contribution in [2.45, 2.75) is 38.9 Å². The van der Waals surface area contributed by atoms with Crippen molar-refractivity contribution in [2.75, 3.05) is 45.2 Å². The molecule has 1 aliphatic heterocycles. The van der Waals surface area contributed by atoms with Crippen molar-refractivity contribution in [2.24, 2.45) is 5.41 Å². The molecule has 5 nitrogen and oxygen atoms in total. The van der Waals surface area contributed by atoms with Crippen LogP contribution in [0, 0.1) is 5.41 Å². The van der Waals surface area contributed by atoms with Crippen LogP contribution in [-0.4, -0.2) is 55.3 Å². The predicted octanol–water partition coefficient (Wildman–Crippen LogP) is 5.05. The van der Waals surface area contributed by atoms with E-state index in [0.717, 1.165) is 36.4 Å². The first-order valence-electron chi connectivity index (χ1n) is 12.5. The van der Waals surface area contributed by atoms with Crippen molar-refractivity contribution in [1.82, 2.24) is 9.88 Å². The van der Waals surface area contributed by atoms with Gasteiger partial charge in [-0.25, -0.2) is 0 Å². The smallest absolute Gasteiger partial charge is 0.124 e. The zero-order valence-corrected chi connectivity index (χ0v) is 21.7. The van der Waals surface area contributed by atoms with Crippen LogP contribution in [0.2, 0.25) is 0 Å². The van der Waals surface area contributed by atoms with Crippen LogP contribution in [-0.2, 0) is 16.9 Å². The Labute approximate surface area is 210 Å². The zero-order chi connectivity index (χ0) is 25.1. The Morgan fingerprint density at radius 2 is 1.74 bits per heavy atom. The van der Waals surface area contributed by atoms with Crippen molar-refractivity contribution in [1.29, 1.82) is 0 Å². The molecule has 0 saturated carbocycles. The van der Waals surface area contributed by atoms with Gasteiger partial charge >= 0.3 is 0 Å². The number of aromatic nitrogens is 1. The maximum atomic E-state index is 12.4. The first-order chi connectivity index (χ1) is 16.7. The van der Waals surface area contributed by atoms with Gasteiger partial charge in [0.2, 0.25) is 0 Å². The Morgan fingerprint density at radius 3 is 2.37 bits per heavy atom. The third-order valence-electron chi connectivity index (χ3n) is 7.37. The molecule has 3 aromatic rings. The summed E-state index contributed by atoms with van der Waals surface area (Å²) in [4.78, 5) is 8.94. The van der Waals surface area contributed by atoms with Crippen molar-refractivity contribution >= 4 is 5.69 Å². The van der Waals surface area contributed by atoms with Gasteiger partial charge in [0.15, 0.2) is 0 Å². The summed E-state index contributed by atoms with van der Waals surface area (Å²) in [5, 5.41) is 12.4. The van der Waals surface area contributed by atoms with Gasteiger partial charge in [0.25, 0.3) is 0 Å². The van der Waals surface area contributed by atoms with Crippen LogP contribution in [0.15, 0.2) is 73.1 Å². The summed E-state index contributed by atoms with van der Waals surface area (Å²) in [6.45, 7) is 10.2. The molecule has 35 heavy (non-hydrogen) atoms. The Kier molecular flexibility index (Phi) is 7.60. The first-order valence-corrected chi connectivity index (χ1v) is 12.5. The molecule has 0 amide bonds. The molecule has 2 heterocycles. The largest absolute Gasteiger partial charge is 0.380 e. The Morgan fingerprint density at radius 1 is 1.06 bits per heavy atom. The van der Waals surface area contributed by atoms with Gasteiger partial charge in [-0.1, -0.05) is 75.4 Å². The molecule has 2 aromatic carbocycles. The summed E-state index contributed by atoms with van der Waals surface area (Å²) >= 11 is 0. The summed E-state index contributed by atoms with van der Waals surface area (Å²) in [6, 6.07) is 20.8. The minimum absolute atomic E-state index is 0.307. The first kappa shape index (κ1) is 25.4. The number of nitrogens with zero attached hydrogens (tertiary/aromatic N) is 3. The van der Waals surface area contributed by atoms with Gasteiger partial charge in [-0.05, 0) is 35.7 Å². The van der Waals surface area contributed by atoms with E-state index >= 15 is 0 Å². The lowest BCUT2D eigenvalue weighted by Crippen LogP contribution is -2.63. The molecule has 1 aliphatic rings. The fourth-order valence-electron chi connectivity index (χ4n) is 5.28. The second kappa shape index (κ2) is 10.5. The second-order valence-corrected chi connectivity index (χ2v) is 10.6. The maximum Gasteiger partial charge on any atom is 0.124 e. The molecule has 1 fully saturated rings. The standard InChI is InChI=1S/C30H39N3O2/c1-23(2)25-11-13-26(14-12-25)30(34,29(3)21-32(4)22-29)27-17-28(19-31-18-27)33(5)15-16-35-20-24-9-7-6-8-10-24/h6-14,17-19,23,34H,15-16,20-22H2,1-5H3/t30-/m0/s1. The minimum Gasteiger partial charge on any atom is -0.380 e. The lowest BCUT2D eigenvalue weighted by atomic mass is 9.62. The number of pyridine rings is 1. The summed E-state index contributed by atoms with van der Waals surface area (Å²) in [5.41, 5.74) is 3.73. The summed E-state index contributed by atoms with van der Waals surface area (Å²) in [7, 11) is 4.14. The number of rotatable bonds is 10. The number of hydrogen-bond donors (Lipinski definition) is 1. The van der Waals surface area contributed by atoms with E-state index in [1.807, 2.05) is 37.6 Å². The molecular weight excluding hydrogens is 434 g/mol. The van der Waals surface area contributed by atoms with E-state index in [1.54, 1.807) is 0 Å². The van der Waals surface area contributed by atoms with Crippen molar-refractivity contribution in [3.05, 3.63) is 95.3 Å². The van der Waals surface area contributed by atoms with Crippen LogP contribution in [0.5, 0.6) is 0 Å². The average molecular weight is 474 g/mol. The van der Waals surface area contributed by atoms with E-state index in [1.165, 1.54) is 11.1 Å². The molecule has 1 N–H and O–H groups in total. The van der Waals surface area contributed by atoms with Gasteiger partial charge in [-0.15, -0.1) is 0 Å². The lowest BCUT2D eigenvalue weighted by Gasteiger charge is -2.56. The number of likely N-dealkylation sites (N-methyl/N-ethyl adjacent to an activating group) is 1. The number of ether oxygens (including phenoxy) is 1. The number of likely N-dealkylation sites (tertiary alicyclic amines) is 1. The van der Waals surface area contributed by atoms with Crippen molar-refractivity contribution in [3.63, 3.8) is 0 Å². The van der Waals surface area contributed by atoms with Crippen LogP contribution in [0.25, 0.3) is 0 Å². The molecule has 0 spiro atoms. The highest BCUT2D eigenvalue weighted by atomic mass is 16.5. The lowest BCUT2D eigenvalue weighted by molar-refractivity contribution is -0.127. The highest BCUT2D eigenvalue weighted by Gasteiger charge is 2.55. The number of anilines is 1. The second-order valence-electron chi connectivity index (χ2n) is 10.6. The topological polar surface area (TPSA) is 48.8 Å². The molecule has 1 atom stereocenters. The van der Waals surface area contributed by atoms with Gasteiger partial charge in [-0.3, -0.25) is 4.98 Å².